The molecule has 24 heavy (non-hydrogen) atoms. The van der Waals surface area contributed by atoms with E-state index in [9.17, 15) is 0 Å². The Hall–Kier alpha value is -0.400. The van der Waals surface area contributed by atoms with Gasteiger partial charge in [0.15, 0.2) is 0 Å². The fraction of sp³-hybridized carbons (Fsp3) is 0.200. The fourth-order valence-corrected chi connectivity index (χ4v) is 2.91. The Morgan fingerprint density at radius 3 is 2.21 bits per heavy atom. The molecule has 0 nitrogen and oxygen atoms in total. The van der Waals surface area contributed by atoms with Gasteiger partial charge in [-0.2, -0.15) is 23.8 Å². The molecule has 0 N–H and O–H groups in total. The molecule has 4 heteroatoms. The molecular weight excluding hydrogens is 430 g/mol. The van der Waals surface area contributed by atoms with E-state index in [2.05, 4.69) is 79.9 Å². The predicted octanol–water partition coefficient (Wildman–Crippen LogP) is -1.21. The van der Waals surface area contributed by atoms with Crippen molar-refractivity contribution in [2.24, 2.45) is 0 Å². The zero-order chi connectivity index (χ0) is 14.7. The summed E-state index contributed by atoms with van der Waals surface area (Å²) in [7, 11) is 0.750. The van der Waals surface area contributed by atoms with Crippen LogP contribution in [0.3, 0.4) is 0 Å². The van der Waals surface area contributed by atoms with E-state index in [0.717, 1.165) is 15.9 Å². The average Bonchev–Trinajstić information content (AvgIpc) is 3.15. The molecule has 0 saturated heterocycles. The molecule has 0 heterocycles. The van der Waals surface area contributed by atoms with Crippen LogP contribution in [-0.2, 0) is 32.6 Å². The Morgan fingerprint density at radius 2 is 1.54 bits per heavy atom. The van der Waals surface area contributed by atoms with E-state index in [1.807, 2.05) is 0 Å². The van der Waals surface area contributed by atoms with Gasteiger partial charge >= 0.3 is 26.2 Å². The van der Waals surface area contributed by atoms with E-state index in [0.29, 0.717) is 5.92 Å². The van der Waals surface area contributed by atoms with Gasteiger partial charge in [0.25, 0.3) is 0 Å². The van der Waals surface area contributed by atoms with E-state index in [1.165, 1.54) is 27.8 Å². The molecule has 4 rings (SSSR count). The van der Waals surface area contributed by atoms with Crippen LogP contribution in [0.4, 0.5) is 0 Å². The first kappa shape index (κ1) is 23.6. The number of hydrogen-bond acceptors (Lipinski definition) is 0. The van der Waals surface area contributed by atoms with E-state index in [4.69, 9.17) is 0 Å². The van der Waals surface area contributed by atoms with Gasteiger partial charge in [0, 0.05) is 9.52 Å². The Kier molecular flexibility index (Phi) is 11.1. The first-order valence-electron chi connectivity index (χ1n) is 7.56. The number of benzene rings is 2. The molecule has 2 aliphatic carbocycles. The van der Waals surface area contributed by atoms with Crippen LogP contribution in [0, 0.1) is 6.07 Å². The van der Waals surface area contributed by atoms with E-state index >= 15 is 0 Å². The summed E-state index contributed by atoms with van der Waals surface area (Å²) in [4.78, 5) is 0. The van der Waals surface area contributed by atoms with Crippen molar-refractivity contribution in [2.45, 2.75) is 25.4 Å². The van der Waals surface area contributed by atoms with Crippen LogP contribution in [0.5, 0.6) is 0 Å². The number of rotatable bonds is 1. The number of allylic oxidation sites excluding steroid dienone is 4. The molecule has 0 amide bonds. The second-order valence-corrected chi connectivity index (χ2v) is 6.67. The van der Waals surface area contributed by atoms with Crippen LogP contribution < -0.4 is 24.8 Å². The zero-order valence-electron chi connectivity index (χ0n) is 13.9. The molecular formula is C20H20Cl2SiZr. The average molecular weight is 451 g/mol. The Bertz CT molecular complexity index is 699. The number of hydrogen-bond donors (Lipinski definition) is 0. The minimum absolute atomic E-state index is 0. The van der Waals surface area contributed by atoms with Gasteiger partial charge in [-0.15, -0.1) is 11.1 Å². The molecule has 2 aliphatic rings. The smallest absolute Gasteiger partial charge is 1.00 e. The quantitative estimate of drug-likeness (QED) is 0.323. The molecule has 0 spiro atoms. The molecule has 2 radical (unpaired) electrons. The van der Waals surface area contributed by atoms with Crippen molar-refractivity contribution in [3.05, 3.63) is 83.5 Å². The summed E-state index contributed by atoms with van der Waals surface area (Å²) in [5, 5.41) is 0. The minimum atomic E-state index is 0. The van der Waals surface area contributed by atoms with Crippen molar-refractivity contribution >= 4 is 9.52 Å². The van der Waals surface area contributed by atoms with E-state index in [1.54, 1.807) is 0 Å². The van der Waals surface area contributed by atoms with Crippen molar-refractivity contribution < 1.29 is 51.0 Å². The summed E-state index contributed by atoms with van der Waals surface area (Å²) < 4.78 is 0. The van der Waals surface area contributed by atoms with Crippen LogP contribution in [0.2, 0.25) is 13.1 Å². The molecule has 2 aromatic carbocycles. The molecule has 0 aromatic heterocycles. The second-order valence-electron chi connectivity index (χ2n) is 5.51. The minimum Gasteiger partial charge on any atom is -1.00 e. The monoisotopic (exact) mass is 448 g/mol. The van der Waals surface area contributed by atoms with Crippen molar-refractivity contribution in [2.75, 3.05) is 0 Å². The van der Waals surface area contributed by atoms with Gasteiger partial charge in [0.1, 0.15) is 0 Å². The van der Waals surface area contributed by atoms with Crippen molar-refractivity contribution in [1.82, 2.24) is 0 Å². The topological polar surface area (TPSA) is 0 Å². The molecule has 0 saturated carbocycles. The summed E-state index contributed by atoms with van der Waals surface area (Å²) in [5.74, 6) is 0.416. The van der Waals surface area contributed by atoms with Crippen LogP contribution in [0.1, 0.15) is 22.6 Å². The maximum atomic E-state index is 3.61. The molecule has 0 fully saturated rings. The molecule has 0 aliphatic heterocycles. The largest absolute Gasteiger partial charge is 3.00 e. The van der Waals surface area contributed by atoms with Crippen LogP contribution in [0.25, 0.3) is 11.1 Å². The maximum Gasteiger partial charge on any atom is 3.00 e. The Morgan fingerprint density at radius 1 is 0.917 bits per heavy atom. The predicted molar refractivity (Wildman–Crippen MR) is 93.4 cm³/mol. The third-order valence-electron chi connectivity index (χ3n) is 3.83. The summed E-state index contributed by atoms with van der Waals surface area (Å²) in [6.45, 7) is 4.42. The van der Waals surface area contributed by atoms with Crippen LogP contribution in [0.15, 0.2) is 60.7 Å². The summed E-state index contributed by atoms with van der Waals surface area (Å²) in [5.41, 5.74) is 6.81. The molecule has 0 unspecified atom stereocenters. The van der Waals surface area contributed by atoms with Gasteiger partial charge in [-0.05, 0) is 12.3 Å². The molecule has 2 aromatic rings. The zero-order valence-corrected chi connectivity index (χ0v) is 19.0. The SMILES string of the molecule is C[SiH]C.[Cl-].[Cl-].[Zr+3].[c-]1c(C2C=CC=C2)ccc2c1Cc1ccccc1-2. The van der Waals surface area contributed by atoms with Crippen LogP contribution >= 0.6 is 0 Å². The third kappa shape index (κ3) is 5.05. The van der Waals surface area contributed by atoms with Gasteiger partial charge in [-0.3, -0.25) is 0 Å². The van der Waals surface area contributed by atoms with E-state index in [-0.39, 0.29) is 51.0 Å². The second kappa shape index (κ2) is 11.3. The fourth-order valence-electron chi connectivity index (χ4n) is 2.91. The van der Waals surface area contributed by atoms with E-state index < -0.39 is 0 Å². The number of fused-ring (bicyclic) bond motifs is 3. The molecule has 0 bridgehead atoms. The standard InChI is InChI=1S/C18H13.C2H7Si.2ClH.Zr/c1-2-6-13(5-1)14-9-10-18-16(11-14)12-15-7-3-4-8-17(15)18;1-3-2;;;/h1-10,13H,12H2;3H,1-2H3;2*1H;/q-1;;;;+3/p-2. The van der Waals surface area contributed by atoms with Gasteiger partial charge in [0.05, 0.1) is 0 Å². The Labute approximate surface area is 179 Å². The van der Waals surface area contributed by atoms with Crippen molar-refractivity contribution in [3.63, 3.8) is 0 Å². The maximum absolute atomic E-state index is 3.61. The third-order valence-corrected chi connectivity index (χ3v) is 3.83. The first-order valence-corrected chi connectivity index (χ1v) is 9.86. The first-order chi connectivity index (χ1) is 10.3. The number of halogens is 2. The molecule has 122 valence electrons. The van der Waals surface area contributed by atoms with Crippen LogP contribution in [-0.4, -0.2) is 9.52 Å². The molecule has 0 atom stereocenters. The summed E-state index contributed by atoms with van der Waals surface area (Å²) >= 11 is 0. The summed E-state index contributed by atoms with van der Waals surface area (Å²) in [6, 6.07) is 16.7. The van der Waals surface area contributed by atoms with Gasteiger partial charge in [0.2, 0.25) is 0 Å². The normalized spacial score (nSPS) is 12.8. The van der Waals surface area contributed by atoms with Gasteiger partial charge in [-0.25, -0.2) is 0 Å². The Balaban J connectivity index is 0.000000827. The van der Waals surface area contributed by atoms with Gasteiger partial charge < -0.3 is 24.8 Å². The van der Waals surface area contributed by atoms with Gasteiger partial charge in [-0.1, -0.05) is 72.8 Å². The van der Waals surface area contributed by atoms with Crippen molar-refractivity contribution in [3.8, 4) is 11.1 Å². The summed E-state index contributed by atoms with van der Waals surface area (Å²) in [6.07, 6.45) is 9.70. The van der Waals surface area contributed by atoms with Crippen molar-refractivity contribution in [1.29, 1.82) is 0 Å².